The smallest absolute Gasteiger partial charge is 0.335 e. The van der Waals surface area contributed by atoms with Crippen molar-refractivity contribution in [2.75, 3.05) is 12.8 Å². The van der Waals surface area contributed by atoms with E-state index in [2.05, 4.69) is 10.6 Å². The van der Waals surface area contributed by atoms with Crippen LogP contribution in [0, 0.1) is 6.92 Å². The van der Waals surface area contributed by atoms with E-state index in [4.69, 9.17) is 5.11 Å². The molecule has 3 N–H and O–H groups in total. The Bertz CT molecular complexity index is 531. The van der Waals surface area contributed by atoms with Crippen molar-refractivity contribution < 1.29 is 19.5 Å². The van der Waals surface area contributed by atoms with Gasteiger partial charge in [-0.05, 0) is 24.6 Å². The topological polar surface area (TPSA) is 95.5 Å². The van der Waals surface area contributed by atoms with Gasteiger partial charge in [0.25, 0.3) is 0 Å². The number of carbonyl (C=O) groups is 3. The molecule has 108 valence electrons. The van der Waals surface area contributed by atoms with E-state index in [0.717, 1.165) is 4.90 Å². The second-order valence-electron chi connectivity index (χ2n) is 4.01. The number of carboxylic acids is 1. The van der Waals surface area contributed by atoms with Gasteiger partial charge in [-0.15, -0.1) is 11.8 Å². The van der Waals surface area contributed by atoms with Crippen molar-refractivity contribution in [3.63, 3.8) is 0 Å². The maximum absolute atomic E-state index is 11.4. The summed E-state index contributed by atoms with van der Waals surface area (Å²) in [7, 11) is 1.43. The number of carbonyl (C=O) groups excluding carboxylic acids is 2. The summed E-state index contributed by atoms with van der Waals surface area (Å²) >= 11 is 1.37. The summed E-state index contributed by atoms with van der Waals surface area (Å²) in [5, 5.41) is 13.5. The standard InChI is InChI=1S/C13H16N2O4S/c1-8-3-4-9(7-10(8)12(17)18)20-6-5-11(16)15-13(19)14-2/h3-4,7H,5-6H2,1-2H3,(H,17,18)(H2,14,15,16,19). The van der Waals surface area contributed by atoms with Gasteiger partial charge in [0.05, 0.1) is 5.56 Å². The summed E-state index contributed by atoms with van der Waals surface area (Å²) in [5.74, 6) is -0.880. The highest BCUT2D eigenvalue weighted by molar-refractivity contribution is 7.99. The third-order valence-electron chi connectivity index (χ3n) is 2.52. The Hall–Kier alpha value is -2.02. The quantitative estimate of drug-likeness (QED) is 0.718. The number of hydrogen-bond donors (Lipinski definition) is 3. The van der Waals surface area contributed by atoms with Crippen molar-refractivity contribution in [2.45, 2.75) is 18.2 Å². The number of imide groups is 1. The Morgan fingerprint density at radius 1 is 1.30 bits per heavy atom. The van der Waals surface area contributed by atoms with Crippen LogP contribution in [0.5, 0.6) is 0 Å². The Balaban J connectivity index is 2.50. The van der Waals surface area contributed by atoms with Gasteiger partial charge >= 0.3 is 12.0 Å². The zero-order chi connectivity index (χ0) is 15.1. The Morgan fingerprint density at radius 2 is 2.00 bits per heavy atom. The maximum atomic E-state index is 11.4. The summed E-state index contributed by atoms with van der Waals surface area (Å²) < 4.78 is 0. The number of thioether (sulfide) groups is 1. The number of aromatic carboxylic acids is 1. The van der Waals surface area contributed by atoms with Gasteiger partial charge in [0, 0.05) is 24.1 Å². The second-order valence-corrected chi connectivity index (χ2v) is 5.18. The largest absolute Gasteiger partial charge is 0.478 e. The van der Waals surface area contributed by atoms with Crippen LogP contribution in [0.4, 0.5) is 4.79 Å². The summed E-state index contributed by atoms with van der Waals surface area (Å²) in [4.78, 5) is 34.0. The molecule has 0 aromatic heterocycles. The molecule has 0 fully saturated rings. The Kier molecular flexibility index (Phi) is 6.05. The molecule has 0 heterocycles. The second kappa shape index (κ2) is 7.54. The number of urea groups is 1. The Morgan fingerprint density at radius 3 is 2.60 bits per heavy atom. The van der Waals surface area contributed by atoms with Crippen molar-refractivity contribution in [3.8, 4) is 0 Å². The van der Waals surface area contributed by atoms with Gasteiger partial charge in [-0.3, -0.25) is 10.1 Å². The lowest BCUT2D eigenvalue weighted by Crippen LogP contribution is -2.37. The van der Waals surface area contributed by atoms with Crippen molar-refractivity contribution in [3.05, 3.63) is 29.3 Å². The normalized spacial score (nSPS) is 9.90. The van der Waals surface area contributed by atoms with E-state index in [-0.39, 0.29) is 17.9 Å². The van der Waals surface area contributed by atoms with Crippen LogP contribution in [0.2, 0.25) is 0 Å². The van der Waals surface area contributed by atoms with E-state index in [1.54, 1.807) is 19.1 Å². The lowest BCUT2D eigenvalue weighted by Gasteiger charge is -2.06. The SMILES string of the molecule is CNC(=O)NC(=O)CCSc1ccc(C)c(C(=O)O)c1. The van der Waals surface area contributed by atoms with Crippen LogP contribution >= 0.6 is 11.8 Å². The lowest BCUT2D eigenvalue weighted by atomic mass is 10.1. The molecule has 1 aromatic rings. The van der Waals surface area contributed by atoms with E-state index in [9.17, 15) is 14.4 Å². The molecule has 7 heteroatoms. The molecule has 0 aliphatic carbocycles. The minimum Gasteiger partial charge on any atom is -0.478 e. The molecule has 0 bridgehead atoms. The molecule has 3 amide bonds. The third kappa shape index (κ3) is 4.93. The first-order chi connectivity index (χ1) is 9.43. The predicted octanol–water partition coefficient (Wildman–Crippen LogP) is 1.63. The fraction of sp³-hybridized carbons (Fsp3) is 0.308. The number of rotatable bonds is 5. The van der Waals surface area contributed by atoms with Gasteiger partial charge in [-0.1, -0.05) is 6.07 Å². The first kappa shape index (κ1) is 16.0. The number of nitrogens with one attached hydrogen (secondary N) is 2. The van der Waals surface area contributed by atoms with Gasteiger partial charge in [0.1, 0.15) is 0 Å². The number of carboxylic acid groups (broad SMARTS) is 1. The molecule has 6 nitrogen and oxygen atoms in total. The highest BCUT2D eigenvalue weighted by Crippen LogP contribution is 2.22. The monoisotopic (exact) mass is 296 g/mol. The molecule has 0 atom stereocenters. The zero-order valence-electron chi connectivity index (χ0n) is 11.2. The molecule has 0 unspecified atom stereocenters. The molecule has 0 saturated heterocycles. The van der Waals surface area contributed by atoms with Gasteiger partial charge in [-0.2, -0.15) is 0 Å². The van der Waals surface area contributed by atoms with E-state index in [1.165, 1.54) is 18.8 Å². The maximum Gasteiger partial charge on any atom is 0.335 e. The zero-order valence-corrected chi connectivity index (χ0v) is 12.0. The van der Waals surface area contributed by atoms with Crippen LogP contribution in [0.15, 0.2) is 23.1 Å². The average molecular weight is 296 g/mol. The van der Waals surface area contributed by atoms with Crippen LogP contribution in [-0.2, 0) is 4.79 Å². The van der Waals surface area contributed by atoms with Crippen LogP contribution in [0.1, 0.15) is 22.3 Å². The average Bonchev–Trinajstić information content (AvgIpc) is 2.40. The number of aryl methyl sites for hydroxylation is 1. The van der Waals surface area contributed by atoms with Gasteiger partial charge in [0.15, 0.2) is 0 Å². The van der Waals surface area contributed by atoms with Gasteiger partial charge in [-0.25, -0.2) is 9.59 Å². The van der Waals surface area contributed by atoms with Crippen LogP contribution in [0.3, 0.4) is 0 Å². The van der Waals surface area contributed by atoms with Crippen molar-refractivity contribution in [1.82, 2.24) is 10.6 Å². The fourth-order valence-electron chi connectivity index (χ4n) is 1.43. The number of amides is 3. The van der Waals surface area contributed by atoms with E-state index >= 15 is 0 Å². The molecular formula is C13H16N2O4S. The van der Waals surface area contributed by atoms with Crippen LogP contribution in [0.25, 0.3) is 0 Å². The summed E-state index contributed by atoms with van der Waals surface area (Å²) in [6, 6.07) is 4.59. The highest BCUT2D eigenvalue weighted by Gasteiger charge is 2.09. The summed E-state index contributed by atoms with van der Waals surface area (Å²) in [6.45, 7) is 1.73. The number of hydrogen-bond acceptors (Lipinski definition) is 4. The molecular weight excluding hydrogens is 280 g/mol. The minimum absolute atomic E-state index is 0.175. The molecule has 0 aliphatic heterocycles. The van der Waals surface area contributed by atoms with Crippen molar-refractivity contribution >= 4 is 29.7 Å². The van der Waals surface area contributed by atoms with Crippen molar-refractivity contribution in [2.24, 2.45) is 0 Å². The summed E-state index contributed by atoms with van der Waals surface area (Å²) in [5.41, 5.74) is 0.948. The minimum atomic E-state index is -0.970. The molecule has 1 rings (SSSR count). The van der Waals surface area contributed by atoms with Crippen LogP contribution < -0.4 is 10.6 Å². The third-order valence-corrected chi connectivity index (χ3v) is 3.51. The number of benzene rings is 1. The molecule has 0 aliphatic rings. The Labute approximate surface area is 120 Å². The van der Waals surface area contributed by atoms with E-state index in [0.29, 0.717) is 11.3 Å². The van der Waals surface area contributed by atoms with E-state index < -0.39 is 12.0 Å². The van der Waals surface area contributed by atoms with Crippen molar-refractivity contribution in [1.29, 1.82) is 0 Å². The molecule has 0 spiro atoms. The first-order valence-corrected chi connectivity index (χ1v) is 6.91. The molecule has 0 saturated carbocycles. The summed E-state index contributed by atoms with van der Waals surface area (Å²) in [6.07, 6.45) is 0.175. The lowest BCUT2D eigenvalue weighted by molar-refractivity contribution is -0.119. The van der Waals surface area contributed by atoms with Crippen LogP contribution in [-0.4, -0.2) is 35.8 Å². The highest BCUT2D eigenvalue weighted by atomic mass is 32.2. The molecule has 0 radical (unpaired) electrons. The molecule has 1 aromatic carbocycles. The first-order valence-electron chi connectivity index (χ1n) is 5.92. The molecule has 20 heavy (non-hydrogen) atoms. The van der Waals surface area contributed by atoms with Gasteiger partial charge in [0.2, 0.25) is 5.91 Å². The van der Waals surface area contributed by atoms with E-state index in [1.807, 2.05) is 6.07 Å². The van der Waals surface area contributed by atoms with Gasteiger partial charge < -0.3 is 10.4 Å². The fourth-order valence-corrected chi connectivity index (χ4v) is 2.32. The predicted molar refractivity (Wildman–Crippen MR) is 76.1 cm³/mol.